The van der Waals surface area contributed by atoms with Crippen molar-refractivity contribution in [1.82, 2.24) is 4.90 Å². The Balaban J connectivity index is 3.05. The molecule has 0 atom stereocenters. The van der Waals surface area contributed by atoms with Crippen LogP contribution in [0.15, 0.2) is 18.2 Å². The van der Waals surface area contributed by atoms with Crippen LogP contribution in [-0.2, 0) is 0 Å². The van der Waals surface area contributed by atoms with Gasteiger partial charge in [0.15, 0.2) is 0 Å². The molecule has 0 aliphatic carbocycles. The third-order valence-electron chi connectivity index (χ3n) is 3.02. The molecule has 0 bridgehead atoms. The molecule has 0 spiro atoms. The lowest BCUT2D eigenvalue weighted by molar-refractivity contribution is 0.112. The number of carbonyl (C=O) groups excluding carboxylic acids is 1. The molecule has 0 radical (unpaired) electrons. The van der Waals surface area contributed by atoms with Gasteiger partial charge in [-0.2, -0.15) is 5.26 Å². The van der Waals surface area contributed by atoms with Gasteiger partial charge in [-0.15, -0.1) is 0 Å². The van der Waals surface area contributed by atoms with E-state index in [2.05, 4.69) is 29.7 Å². The van der Waals surface area contributed by atoms with Gasteiger partial charge in [0, 0.05) is 25.2 Å². The second-order valence-electron chi connectivity index (χ2n) is 5.65. The second-order valence-corrected chi connectivity index (χ2v) is 5.65. The zero-order valence-electron chi connectivity index (χ0n) is 12.8. The number of aldehydes is 1. The Morgan fingerprint density at radius 2 is 2.00 bits per heavy atom. The van der Waals surface area contributed by atoms with Crippen molar-refractivity contribution < 1.29 is 4.79 Å². The van der Waals surface area contributed by atoms with Crippen LogP contribution in [0.2, 0.25) is 0 Å². The number of carbonyl (C=O) groups is 1. The van der Waals surface area contributed by atoms with Crippen molar-refractivity contribution in [2.45, 2.75) is 13.8 Å². The first-order valence-corrected chi connectivity index (χ1v) is 6.87. The van der Waals surface area contributed by atoms with Crippen LogP contribution in [0, 0.1) is 17.2 Å². The van der Waals surface area contributed by atoms with Gasteiger partial charge in [-0.3, -0.25) is 4.79 Å². The lowest BCUT2D eigenvalue weighted by Gasteiger charge is -2.29. The molecule has 108 valence electrons. The fraction of sp³-hybridized carbons (Fsp3) is 0.500. The average Bonchev–Trinajstić information content (AvgIpc) is 2.42. The summed E-state index contributed by atoms with van der Waals surface area (Å²) in [5, 5.41) is 9.30. The third kappa shape index (κ3) is 4.67. The molecular formula is C16H23N3O. The number of benzene rings is 1. The molecule has 0 heterocycles. The van der Waals surface area contributed by atoms with Crippen LogP contribution in [-0.4, -0.2) is 44.9 Å². The molecule has 0 saturated heterocycles. The standard InChI is InChI=1S/C16H23N3O/c1-13(2)11-19(8-7-18(3)4)16-6-5-14(12-20)9-15(16)10-17/h5-6,9,12-13H,7-8,11H2,1-4H3. The summed E-state index contributed by atoms with van der Waals surface area (Å²) in [4.78, 5) is 15.2. The predicted octanol–water partition coefficient (Wildman–Crippen LogP) is 2.39. The van der Waals surface area contributed by atoms with Gasteiger partial charge in [0.2, 0.25) is 0 Å². The molecule has 0 N–H and O–H groups in total. The van der Waals surface area contributed by atoms with E-state index in [1.54, 1.807) is 12.1 Å². The van der Waals surface area contributed by atoms with E-state index >= 15 is 0 Å². The SMILES string of the molecule is CC(C)CN(CCN(C)C)c1ccc(C=O)cc1C#N. The average molecular weight is 273 g/mol. The highest BCUT2D eigenvalue weighted by atomic mass is 16.1. The van der Waals surface area contributed by atoms with E-state index in [1.807, 2.05) is 20.2 Å². The molecule has 1 aromatic carbocycles. The summed E-state index contributed by atoms with van der Waals surface area (Å²) < 4.78 is 0. The van der Waals surface area contributed by atoms with Gasteiger partial charge in [-0.1, -0.05) is 13.8 Å². The Kier molecular flexibility index (Phi) is 6.20. The van der Waals surface area contributed by atoms with E-state index in [4.69, 9.17) is 0 Å². The summed E-state index contributed by atoms with van der Waals surface area (Å²) in [6, 6.07) is 7.50. The van der Waals surface area contributed by atoms with Crippen molar-refractivity contribution >= 4 is 12.0 Å². The summed E-state index contributed by atoms with van der Waals surface area (Å²) in [6.07, 6.45) is 0.775. The highest BCUT2D eigenvalue weighted by Gasteiger charge is 2.13. The Morgan fingerprint density at radius 3 is 2.50 bits per heavy atom. The van der Waals surface area contributed by atoms with Crippen molar-refractivity contribution in [3.8, 4) is 6.07 Å². The summed E-state index contributed by atoms with van der Waals surface area (Å²) >= 11 is 0. The zero-order chi connectivity index (χ0) is 15.1. The molecule has 1 aromatic rings. The first-order chi connectivity index (χ1) is 9.47. The van der Waals surface area contributed by atoms with Gasteiger partial charge in [-0.05, 0) is 38.2 Å². The third-order valence-corrected chi connectivity index (χ3v) is 3.02. The van der Waals surface area contributed by atoms with Crippen LogP contribution in [0.4, 0.5) is 5.69 Å². The van der Waals surface area contributed by atoms with Crippen molar-refractivity contribution in [3.63, 3.8) is 0 Å². The van der Waals surface area contributed by atoms with E-state index in [0.717, 1.165) is 31.6 Å². The van der Waals surface area contributed by atoms with Gasteiger partial charge in [0.1, 0.15) is 12.4 Å². The minimum atomic E-state index is 0.509. The molecule has 0 aliphatic rings. The highest BCUT2D eigenvalue weighted by molar-refractivity contribution is 5.78. The zero-order valence-corrected chi connectivity index (χ0v) is 12.8. The highest BCUT2D eigenvalue weighted by Crippen LogP contribution is 2.22. The van der Waals surface area contributed by atoms with Gasteiger partial charge in [0.05, 0.1) is 11.3 Å². The Hall–Kier alpha value is -1.86. The molecule has 0 aliphatic heterocycles. The lowest BCUT2D eigenvalue weighted by atomic mass is 10.1. The first-order valence-electron chi connectivity index (χ1n) is 6.87. The Bertz CT molecular complexity index is 489. The Labute approximate surface area is 121 Å². The molecule has 4 nitrogen and oxygen atoms in total. The molecule has 0 amide bonds. The van der Waals surface area contributed by atoms with Crippen LogP contribution in [0.3, 0.4) is 0 Å². The molecule has 0 fully saturated rings. The quantitative estimate of drug-likeness (QED) is 0.716. The molecular weight excluding hydrogens is 250 g/mol. The van der Waals surface area contributed by atoms with E-state index in [0.29, 0.717) is 17.0 Å². The summed E-state index contributed by atoms with van der Waals surface area (Å²) in [5.41, 5.74) is 2.02. The molecule has 1 rings (SSSR count). The van der Waals surface area contributed by atoms with Crippen molar-refractivity contribution in [2.24, 2.45) is 5.92 Å². The summed E-state index contributed by atoms with van der Waals surface area (Å²) in [7, 11) is 4.07. The Morgan fingerprint density at radius 1 is 1.30 bits per heavy atom. The molecule has 0 unspecified atom stereocenters. The van der Waals surface area contributed by atoms with E-state index < -0.39 is 0 Å². The monoisotopic (exact) mass is 273 g/mol. The first kappa shape index (κ1) is 16.2. The summed E-state index contributed by atoms with van der Waals surface area (Å²) in [5.74, 6) is 0.509. The maximum atomic E-state index is 10.8. The van der Waals surface area contributed by atoms with Crippen molar-refractivity contribution in [1.29, 1.82) is 5.26 Å². The van der Waals surface area contributed by atoms with Crippen molar-refractivity contribution in [2.75, 3.05) is 38.6 Å². The largest absolute Gasteiger partial charge is 0.369 e. The fourth-order valence-electron chi connectivity index (χ4n) is 2.06. The number of rotatable bonds is 7. The van der Waals surface area contributed by atoms with Crippen LogP contribution < -0.4 is 4.90 Å². The van der Waals surface area contributed by atoms with E-state index in [9.17, 15) is 10.1 Å². The number of anilines is 1. The number of hydrogen-bond acceptors (Lipinski definition) is 4. The number of nitriles is 1. The maximum Gasteiger partial charge on any atom is 0.150 e. The molecule has 0 saturated carbocycles. The van der Waals surface area contributed by atoms with Gasteiger partial charge >= 0.3 is 0 Å². The summed E-state index contributed by atoms with van der Waals surface area (Å²) in [6.45, 7) is 7.00. The minimum absolute atomic E-state index is 0.509. The van der Waals surface area contributed by atoms with Crippen LogP contribution >= 0.6 is 0 Å². The van der Waals surface area contributed by atoms with Gasteiger partial charge < -0.3 is 9.80 Å². The van der Waals surface area contributed by atoms with E-state index in [-0.39, 0.29) is 0 Å². The number of hydrogen-bond donors (Lipinski definition) is 0. The number of nitrogens with zero attached hydrogens (tertiary/aromatic N) is 3. The van der Waals surface area contributed by atoms with Crippen LogP contribution in [0.25, 0.3) is 0 Å². The predicted molar refractivity (Wildman–Crippen MR) is 82.1 cm³/mol. The lowest BCUT2D eigenvalue weighted by Crippen LogP contribution is -2.34. The normalized spacial score (nSPS) is 10.7. The molecule has 0 aromatic heterocycles. The second kappa shape index (κ2) is 7.66. The van der Waals surface area contributed by atoms with Crippen molar-refractivity contribution in [3.05, 3.63) is 29.3 Å². The maximum absolute atomic E-state index is 10.8. The number of likely N-dealkylation sites (N-methyl/N-ethyl adjacent to an activating group) is 1. The van der Waals surface area contributed by atoms with Gasteiger partial charge in [-0.25, -0.2) is 0 Å². The smallest absolute Gasteiger partial charge is 0.150 e. The molecule has 20 heavy (non-hydrogen) atoms. The van der Waals surface area contributed by atoms with Gasteiger partial charge in [0.25, 0.3) is 0 Å². The molecule has 4 heteroatoms. The van der Waals surface area contributed by atoms with Crippen LogP contribution in [0.1, 0.15) is 29.8 Å². The van der Waals surface area contributed by atoms with E-state index in [1.165, 1.54) is 0 Å². The minimum Gasteiger partial charge on any atom is -0.369 e. The topological polar surface area (TPSA) is 47.3 Å². The van der Waals surface area contributed by atoms with Crippen LogP contribution in [0.5, 0.6) is 0 Å². The fourth-order valence-corrected chi connectivity index (χ4v) is 2.06.